The Morgan fingerprint density at radius 1 is 1.40 bits per heavy atom. The lowest BCUT2D eigenvalue weighted by molar-refractivity contribution is -0.121. The fraction of sp³-hybridized carbons (Fsp3) is 0.909. The zero-order valence-corrected chi connectivity index (χ0v) is 11.1. The van der Waals surface area contributed by atoms with E-state index in [1.807, 2.05) is 18.7 Å². The van der Waals surface area contributed by atoms with Gasteiger partial charge in [-0.3, -0.25) is 4.79 Å². The average Bonchev–Trinajstić information content (AvgIpc) is 2.17. The monoisotopic (exact) mass is 232 g/mol. The first-order valence-electron chi connectivity index (χ1n) is 5.63. The Morgan fingerprint density at radius 2 is 2.07 bits per heavy atom. The minimum Gasteiger partial charge on any atom is -0.356 e. The van der Waals surface area contributed by atoms with Crippen LogP contribution in [0.1, 0.15) is 33.6 Å². The van der Waals surface area contributed by atoms with Crippen molar-refractivity contribution in [2.24, 2.45) is 0 Å². The van der Waals surface area contributed by atoms with Crippen LogP contribution in [0.25, 0.3) is 0 Å². The smallest absolute Gasteiger partial charge is 0.221 e. The zero-order valence-electron chi connectivity index (χ0n) is 10.3. The highest BCUT2D eigenvalue weighted by atomic mass is 32.2. The molecule has 0 radical (unpaired) electrons. The second kappa shape index (κ2) is 9.04. The largest absolute Gasteiger partial charge is 0.356 e. The molecule has 0 heterocycles. The van der Waals surface area contributed by atoms with E-state index in [1.54, 1.807) is 0 Å². The predicted octanol–water partition coefficient (Wildman–Crippen LogP) is 1.63. The van der Waals surface area contributed by atoms with E-state index in [0.717, 1.165) is 19.5 Å². The minimum absolute atomic E-state index is 0.150. The fourth-order valence-corrected chi connectivity index (χ4v) is 1.66. The quantitative estimate of drug-likeness (QED) is 0.668. The van der Waals surface area contributed by atoms with Crippen LogP contribution in [-0.4, -0.2) is 36.5 Å². The number of hydrogen-bond acceptors (Lipinski definition) is 3. The molecule has 90 valence electrons. The van der Waals surface area contributed by atoms with Gasteiger partial charge in [-0.05, 0) is 26.1 Å². The van der Waals surface area contributed by atoms with Crippen molar-refractivity contribution in [3.05, 3.63) is 0 Å². The predicted molar refractivity (Wildman–Crippen MR) is 68.4 cm³/mol. The molecule has 3 nitrogen and oxygen atoms in total. The van der Waals surface area contributed by atoms with Crippen molar-refractivity contribution in [1.82, 2.24) is 10.6 Å². The second-order valence-corrected chi connectivity index (χ2v) is 5.12. The van der Waals surface area contributed by atoms with Crippen LogP contribution in [0.2, 0.25) is 0 Å². The molecule has 4 heteroatoms. The van der Waals surface area contributed by atoms with Gasteiger partial charge in [-0.15, -0.1) is 0 Å². The summed E-state index contributed by atoms with van der Waals surface area (Å²) in [6.45, 7) is 7.97. The standard InChI is InChI=1S/C11H24N2OS/c1-5-12-9(2)8-11(14)13-7-6-10(3)15-4/h9-10,12H,5-8H2,1-4H3,(H,13,14). The minimum atomic E-state index is 0.150. The highest BCUT2D eigenvalue weighted by Gasteiger charge is 2.07. The van der Waals surface area contributed by atoms with Crippen molar-refractivity contribution >= 4 is 17.7 Å². The van der Waals surface area contributed by atoms with E-state index in [9.17, 15) is 4.79 Å². The van der Waals surface area contributed by atoms with Crippen LogP contribution in [0, 0.1) is 0 Å². The van der Waals surface area contributed by atoms with Gasteiger partial charge in [0.2, 0.25) is 5.91 Å². The maximum atomic E-state index is 11.4. The van der Waals surface area contributed by atoms with E-state index in [4.69, 9.17) is 0 Å². The van der Waals surface area contributed by atoms with Gasteiger partial charge < -0.3 is 10.6 Å². The van der Waals surface area contributed by atoms with Crippen LogP contribution in [0.15, 0.2) is 0 Å². The Kier molecular flexibility index (Phi) is 8.91. The summed E-state index contributed by atoms with van der Waals surface area (Å²) in [6, 6.07) is 0.271. The number of hydrogen-bond donors (Lipinski definition) is 2. The van der Waals surface area contributed by atoms with Gasteiger partial charge in [-0.1, -0.05) is 13.8 Å². The fourth-order valence-electron chi connectivity index (χ4n) is 1.30. The summed E-state index contributed by atoms with van der Waals surface area (Å²) in [5, 5.41) is 6.79. The second-order valence-electron chi connectivity index (χ2n) is 3.85. The van der Waals surface area contributed by atoms with Crippen LogP contribution in [0.5, 0.6) is 0 Å². The molecule has 0 saturated carbocycles. The molecular weight excluding hydrogens is 208 g/mol. The highest BCUT2D eigenvalue weighted by Crippen LogP contribution is 2.07. The zero-order chi connectivity index (χ0) is 11.7. The first-order chi connectivity index (χ1) is 7.10. The molecule has 0 fully saturated rings. The van der Waals surface area contributed by atoms with E-state index in [2.05, 4.69) is 30.7 Å². The molecule has 0 aromatic heterocycles. The molecule has 0 aromatic rings. The summed E-state index contributed by atoms with van der Waals surface area (Å²) in [5.41, 5.74) is 0. The number of rotatable bonds is 8. The number of nitrogens with one attached hydrogen (secondary N) is 2. The lowest BCUT2D eigenvalue weighted by atomic mass is 10.2. The lowest BCUT2D eigenvalue weighted by Crippen LogP contribution is -2.34. The molecule has 0 aliphatic heterocycles. The van der Waals surface area contributed by atoms with Crippen molar-refractivity contribution in [3.63, 3.8) is 0 Å². The van der Waals surface area contributed by atoms with Crippen LogP contribution in [-0.2, 0) is 4.79 Å². The Hall–Kier alpha value is -0.220. The maximum Gasteiger partial charge on any atom is 0.221 e. The average molecular weight is 232 g/mol. The molecular formula is C11H24N2OS. The molecule has 2 atom stereocenters. The molecule has 0 aliphatic carbocycles. The van der Waals surface area contributed by atoms with E-state index in [-0.39, 0.29) is 11.9 Å². The topological polar surface area (TPSA) is 41.1 Å². The number of thioether (sulfide) groups is 1. The highest BCUT2D eigenvalue weighted by molar-refractivity contribution is 7.99. The van der Waals surface area contributed by atoms with E-state index in [1.165, 1.54) is 0 Å². The van der Waals surface area contributed by atoms with Crippen molar-refractivity contribution in [1.29, 1.82) is 0 Å². The molecule has 0 saturated heterocycles. The summed E-state index contributed by atoms with van der Waals surface area (Å²) in [7, 11) is 0. The third-order valence-electron chi connectivity index (χ3n) is 2.32. The number of carbonyl (C=O) groups is 1. The molecule has 2 N–H and O–H groups in total. The molecule has 0 aliphatic rings. The van der Waals surface area contributed by atoms with Crippen LogP contribution in [0.4, 0.5) is 0 Å². The molecule has 2 unspecified atom stereocenters. The third-order valence-corrected chi connectivity index (χ3v) is 3.36. The third kappa shape index (κ3) is 8.75. The molecule has 0 spiro atoms. The first-order valence-corrected chi connectivity index (χ1v) is 6.91. The van der Waals surface area contributed by atoms with Gasteiger partial charge in [0.25, 0.3) is 0 Å². The van der Waals surface area contributed by atoms with Gasteiger partial charge in [0.15, 0.2) is 0 Å². The Balaban J connectivity index is 3.48. The lowest BCUT2D eigenvalue weighted by Gasteiger charge is -2.13. The van der Waals surface area contributed by atoms with E-state index < -0.39 is 0 Å². The molecule has 0 aromatic carbocycles. The Bertz CT molecular complexity index is 176. The first kappa shape index (κ1) is 14.8. The van der Waals surface area contributed by atoms with Crippen LogP contribution < -0.4 is 10.6 Å². The van der Waals surface area contributed by atoms with Gasteiger partial charge in [0.1, 0.15) is 0 Å². The molecule has 15 heavy (non-hydrogen) atoms. The van der Waals surface area contributed by atoms with Gasteiger partial charge in [0, 0.05) is 24.3 Å². The summed E-state index contributed by atoms with van der Waals surface area (Å²) < 4.78 is 0. The molecule has 0 bridgehead atoms. The van der Waals surface area contributed by atoms with E-state index in [0.29, 0.717) is 11.7 Å². The number of carbonyl (C=O) groups excluding carboxylic acids is 1. The van der Waals surface area contributed by atoms with Gasteiger partial charge >= 0.3 is 0 Å². The van der Waals surface area contributed by atoms with Crippen LogP contribution in [0.3, 0.4) is 0 Å². The van der Waals surface area contributed by atoms with Gasteiger partial charge in [-0.25, -0.2) is 0 Å². The normalized spacial score (nSPS) is 14.7. The van der Waals surface area contributed by atoms with Crippen molar-refractivity contribution in [2.45, 2.75) is 44.9 Å². The van der Waals surface area contributed by atoms with Crippen LogP contribution >= 0.6 is 11.8 Å². The summed E-state index contributed by atoms with van der Waals surface area (Å²) in [6.07, 6.45) is 3.71. The summed E-state index contributed by atoms with van der Waals surface area (Å²) in [4.78, 5) is 11.4. The molecule has 1 amide bonds. The van der Waals surface area contributed by atoms with Gasteiger partial charge in [-0.2, -0.15) is 11.8 Å². The summed E-state index contributed by atoms with van der Waals surface area (Å²) >= 11 is 1.83. The Morgan fingerprint density at radius 3 is 2.60 bits per heavy atom. The van der Waals surface area contributed by atoms with E-state index >= 15 is 0 Å². The van der Waals surface area contributed by atoms with Gasteiger partial charge in [0.05, 0.1) is 0 Å². The molecule has 0 rings (SSSR count). The van der Waals surface area contributed by atoms with Crippen molar-refractivity contribution in [2.75, 3.05) is 19.3 Å². The van der Waals surface area contributed by atoms with Crippen molar-refractivity contribution < 1.29 is 4.79 Å². The maximum absolute atomic E-state index is 11.4. The van der Waals surface area contributed by atoms with Crippen molar-refractivity contribution in [3.8, 4) is 0 Å². The number of amides is 1. The SMILES string of the molecule is CCNC(C)CC(=O)NCCC(C)SC. The summed E-state index contributed by atoms with van der Waals surface area (Å²) in [5.74, 6) is 0.150. The Labute approximate surface area is 97.8 Å².